The van der Waals surface area contributed by atoms with Crippen molar-refractivity contribution in [2.45, 2.75) is 10.8 Å². The Labute approximate surface area is 421 Å². The number of hydrogen-bond donors (Lipinski definition) is 0. The lowest BCUT2D eigenvalue weighted by atomic mass is 9.66. The molecule has 3 nitrogen and oxygen atoms in total. The van der Waals surface area contributed by atoms with E-state index in [4.69, 9.17) is 9.47 Å². The molecule has 2 aliphatic carbocycles. The van der Waals surface area contributed by atoms with Crippen molar-refractivity contribution in [2.75, 3.05) is 4.90 Å². The van der Waals surface area contributed by atoms with Crippen LogP contribution < -0.4 is 14.4 Å². The van der Waals surface area contributed by atoms with Crippen molar-refractivity contribution in [1.82, 2.24) is 0 Å². The average molecular weight is 936 g/mol. The van der Waals surface area contributed by atoms with E-state index < -0.39 is 10.8 Å². The summed E-state index contributed by atoms with van der Waals surface area (Å²) in [5.74, 6) is 3.52. The molecule has 11 aromatic carbocycles. The summed E-state index contributed by atoms with van der Waals surface area (Å²) in [6.45, 7) is 0. The maximum atomic E-state index is 6.77. The van der Waals surface area contributed by atoms with Crippen molar-refractivity contribution >= 4 is 48.6 Å². The van der Waals surface area contributed by atoms with Gasteiger partial charge in [-0.25, -0.2) is 0 Å². The van der Waals surface area contributed by atoms with E-state index in [0.717, 1.165) is 62.3 Å². The highest BCUT2D eigenvalue weighted by atomic mass is 32.1. The fourth-order valence-electron chi connectivity index (χ4n) is 13.3. The second-order valence-corrected chi connectivity index (χ2v) is 20.4. The Morgan fingerprint density at radius 3 is 1.21 bits per heavy atom. The van der Waals surface area contributed by atoms with E-state index in [0.29, 0.717) is 0 Å². The van der Waals surface area contributed by atoms with Crippen molar-refractivity contribution in [3.05, 3.63) is 293 Å². The van der Waals surface area contributed by atoms with Crippen LogP contribution in [0.3, 0.4) is 0 Å². The zero-order chi connectivity index (χ0) is 47.1. The first-order valence-corrected chi connectivity index (χ1v) is 25.6. The van der Waals surface area contributed by atoms with Crippen molar-refractivity contribution in [3.63, 3.8) is 0 Å². The minimum Gasteiger partial charge on any atom is -0.457 e. The van der Waals surface area contributed by atoms with Gasteiger partial charge in [0, 0.05) is 59.2 Å². The standard InChI is InChI=1S/C68H41NO2S/c1-4-23-49-47(19-1)64-55(67(49)51-25-6-10-33-59(51)70-60-34-11-7-26-52(60)67)29-16-31-57(64)69(43-40-38-42(39-41-43)44-21-15-22-46-45-18-3-14-37-63(45)72-66(44)46)58-32-17-30-56-65(58)48-20-2-5-24-50(48)68(56)53-27-8-12-35-61(53)71-62-36-13-9-28-54(62)68/h1-41H. The van der Waals surface area contributed by atoms with Crippen molar-refractivity contribution in [2.24, 2.45) is 0 Å². The summed E-state index contributed by atoms with van der Waals surface area (Å²) in [6.07, 6.45) is 0. The molecule has 0 saturated carbocycles. The topological polar surface area (TPSA) is 21.7 Å². The zero-order valence-corrected chi connectivity index (χ0v) is 39.7. The van der Waals surface area contributed by atoms with E-state index in [1.807, 2.05) is 11.3 Å². The molecule has 4 aliphatic rings. The molecule has 12 aromatic rings. The molecule has 72 heavy (non-hydrogen) atoms. The normalized spacial score (nSPS) is 14.3. The van der Waals surface area contributed by atoms with Gasteiger partial charge in [0.05, 0.1) is 22.2 Å². The number of para-hydroxylation sites is 4. The molecule has 3 heterocycles. The number of nitrogens with zero attached hydrogens (tertiary/aromatic N) is 1. The highest BCUT2D eigenvalue weighted by molar-refractivity contribution is 7.26. The first-order valence-electron chi connectivity index (χ1n) is 24.7. The van der Waals surface area contributed by atoms with Gasteiger partial charge in [-0.05, 0) is 99.1 Å². The molecule has 0 radical (unpaired) electrons. The van der Waals surface area contributed by atoms with Gasteiger partial charge in [-0.3, -0.25) is 0 Å². The maximum Gasteiger partial charge on any atom is 0.132 e. The second-order valence-electron chi connectivity index (χ2n) is 19.3. The van der Waals surface area contributed by atoms with Gasteiger partial charge in [0.1, 0.15) is 23.0 Å². The van der Waals surface area contributed by atoms with Crippen LogP contribution in [0.5, 0.6) is 23.0 Å². The van der Waals surface area contributed by atoms with Crippen molar-refractivity contribution in [3.8, 4) is 56.4 Å². The molecule has 1 aromatic heterocycles. The first-order chi connectivity index (χ1) is 35.7. The molecule has 2 aliphatic heterocycles. The fraction of sp³-hybridized carbons (Fsp3) is 0.0294. The SMILES string of the molecule is c1ccc2c(c1)Oc1ccccc1C21c2ccccc2-c2c(N(c3ccc(-c4cccc5c4sc4ccccc45)cc3)c3cccc4c3-c3ccccc3C43c4ccccc4Oc4ccccc43)cccc21. The Balaban J connectivity index is 0.994. The molecule has 0 bridgehead atoms. The van der Waals surface area contributed by atoms with Crippen LogP contribution in [0, 0.1) is 0 Å². The Hall–Kier alpha value is -8.96. The van der Waals surface area contributed by atoms with Gasteiger partial charge in [0.25, 0.3) is 0 Å². The molecule has 0 amide bonds. The highest BCUT2D eigenvalue weighted by Gasteiger charge is 2.54. The molecular weight excluding hydrogens is 895 g/mol. The Morgan fingerprint density at radius 1 is 0.306 bits per heavy atom. The molecule has 0 atom stereocenters. The van der Waals surface area contributed by atoms with Crippen LogP contribution in [0.2, 0.25) is 0 Å². The van der Waals surface area contributed by atoms with E-state index in [1.165, 1.54) is 75.8 Å². The van der Waals surface area contributed by atoms with E-state index >= 15 is 0 Å². The molecule has 0 N–H and O–H groups in total. The van der Waals surface area contributed by atoms with Gasteiger partial charge in [0.2, 0.25) is 0 Å². The number of hydrogen-bond acceptors (Lipinski definition) is 4. The third-order valence-electron chi connectivity index (χ3n) is 16.0. The largest absolute Gasteiger partial charge is 0.457 e. The lowest BCUT2D eigenvalue weighted by molar-refractivity contribution is 0.436. The summed E-state index contributed by atoms with van der Waals surface area (Å²) in [4.78, 5) is 2.56. The third kappa shape index (κ3) is 5.08. The number of rotatable bonds is 4. The molecule has 0 unspecified atom stereocenters. The van der Waals surface area contributed by atoms with Gasteiger partial charge >= 0.3 is 0 Å². The number of ether oxygens (including phenoxy) is 2. The number of anilines is 3. The maximum absolute atomic E-state index is 6.77. The first kappa shape index (κ1) is 39.8. The summed E-state index contributed by atoms with van der Waals surface area (Å²) in [5, 5.41) is 2.60. The van der Waals surface area contributed by atoms with Crippen LogP contribution >= 0.6 is 11.3 Å². The van der Waals surface area contributed by atoms with Crippen LogP contribution in [-0.4, -0.2) is 0 Å². The van der Waals surface area contributed by atoms with Crippen LogP contribution in [-0.2, 0) is 10.8 Å². The molecule has 0 fully saturated rings. The quantitative estimate of drug-likeness (QED) is 0.176. The summed E-state index contributed by atoms with van der Waals surface area (Å²) in [5.41, 5.74) is 18.9. The molecule has 2 spiro atoms. The smallest absolute Gasteiger partial charge is 0.132 e. The number of thiophene rings is 1. The van der Waals surface area contributed by atoms with E-state index in [9.17, 15) is 0 Å². The van der Waals surface area contributed by atoms with Gasteiger partial charge in [-0.1, -0.05) is 194 Å². The minimum atomic E-state index is -0.628. The summed E-state index contributed by atoms with van der Waals surface area (Å²) < 4.78 is 16.2. The summed E-state index contributed by atoms with van der Waals surface area (Å²) >= 11 is 1.87. The average Bonchev–Trinajstić information content (AvgIpc) is 4.08. The predicted octanol–water partition coefficient (Wildman–Crippen LogP) is 18.1. The van der Waals surface area contributed by atoms with Gasteiger partial charge in [-0.15, -0.1) is 11.3 Å². The molecule has 16 rings (SSSR count). The lowest BCUT2D eigenvalue weighted by Crippen LogP contribution is -2.32. The van der Waals surface area contributed by atoms with E-state index in [1.54, 1.807) is 0 Å². The van der Waals surface area contributed by atoms with Crippen LogP contribution in [0.1, 0.15) is 44.5 Å². The lowest BCUT2D eigenvalue weighted by Gasteiger charge is -2.40. The predicted molar refractivity (Wildman–Crippen MR) is 294 cm³/mol. The van der Waals surface area contributed by atoms with Crippen LogP contribution in [0.4, 0.5) is 17.1 Å². The van der Waals surface area contributed by atoms with Crippen molar-refractivity contribution in [1.29, 1.82) is 0 Å². The van der Waals surface area contributed by atoms with Crippen LogP contribution in [0.25, 0.3) is 53.6 Å². The monoisotopic (exact) mass is 935 g/mol. The second kappa shape index (κ2) is 14.8. The summed E-state index contributed by atoms with van der Waals surface area (Å²) in [6, 6.07) is 91.4. The Bertz CT molecular complexity index is 3970. The van der Waals surface area contributed by atoms with E-state index in [2.05, 4.69) is 254 Å². The molecule has 0 saturated heterocycles. The summed E-state index contributed by atoms with van der Waals surface area (Å²) in [7, 11) is 0. The van der Waals surface area contributed by atoms with E-state index in [-0.39, 0.29) is 0 Å². The molecule has 336 valence electrons. The molecule has 4 heteroatoms. The fourth-order valence-corrected chi connectivity index (χ4v) is 14.6. The third-order valence-corrected chi connectivity index (χ3v) is 17.2. The van der Waals surface area contributed by atoms with Gasteiger partial charge in [-0.2, -0.15) is 0 Å². The Kier molecular flexibility index (Phi) is 8.18. The van der Waals surface area contributed by atoms with Crippen molar-refractivity contribution < 1.29 is 9.47 Å². The molecular formula is C68H41NO2S. The number of fused-ring (bicyclic) bond motifs is 21. The van der Waals surface area contributed by atoms with Crippen LogP contribution in [0.15, 0.2) is 249 Å². The highest BCUT2D eigenvalue weighted by Crippen LogP contribution is 2.67. The zero-order valence-electron chi connectivity index (χ0n) is 38.8. The number of benzene rings is 11. The minimum absolute atomic E-state index is 0.628. The van der Waals surface area contributed by atoms with Gasteiger partial charge < -0.3 is 14.4 Å². The van der Waals surface area contributed by atoms with Gasteiger partial charge in [0.15, 0.2) is 0 Å². The Morgan fingerprint density at radius 2 is 0.694 bits per heavy atom.